The van der Waals surface area contributed by atoms with Crippen LogP contribution < -0.4 is 5.32 Å². The Balaban J connectivity index is 2.69. The van der Waals surface area contributed by atoms with Crippen LogP contribution in [0.4, 0.5) is 4.39 Å². The van der Waals surface area contributed by atoms with E-state index in [-0.39, 0.29) is 11.9 Å². The van der Waals surface area contributed by atoms with E-state index in [0.717, 1.165) is 12.1 Å². The zero-order valence-electron chi connectivity index (χ0n) is 10.4. The van der Waals surface area contributed by atoms with Crippen molar-refractivity contribution in [3.05, 3.63) is 29.6 Å². The molecule has 0 heterocycles. The molecular weight excluding hydrogens is 221 g/mol. The monoisotopic (exact) mass is 241 g/mol. The molecule has 0 spiro atoms. The summed E-state index contributed by atoms with van der Waals surface area (Å²) in [5, 5.41) is 3.39. The lowest BCUT2D eigenvalue weighted by atomic mass is 10.1. The summed E-state index contributed by atoms with van der Waals surface area (Å²) < 4.78 is 13.6. The summed E-state index contributed by atoms with van der Waals surface area (Å²) >= 11 is 1.44. The summed E-state index contributed by atoms with van der Waals surface area (Å²) in [6, 6.07) is 5.67. The van der Waals surface area contributed by atoms with E-state index >= 15 is 0 Å². The van der Waals surface area contributed by atoms with Crippen molar-refractivity contribution >= 4 is 11.8 Å². The first-order valence-electron chi connectivity index (χ1n) is 5.61. The van der Waals surface area contributed by atoms with Gasteiger partial charge >= 0.3 is 0 Å². The average molecular weight is 241 g/mol. The average Bonchev–Trinajstić information content (AvgIpc) is 2.25. The molecule has 0 radical (unpaired) electrons. The van der Waals surface area contributed by atoms with Crippen molar-refractivity contribution in [3.8, 4) is 0 Å². The smallest absolute Gasteiger partial charge is 0.137 e. The maximum Gasteiger partial charge on any atom is 0.137 e. The second-order valence-corrected chi connectivity index (χ2v) is 5.27. The van der Waals surface area contributed by atoms with Gasteiger partial charge in [-0.2, -0.15) is 0 Å². The van der Waals surface area contributed by atoms with Crippen LogP contribution in [0, 0.1) is 11.7 Å². The van der Waals surface area contributed by atoms with Crippen LogP contribution in [0.25, 0.3) is 0 Å². The fourth-order valence-electron chi connectivity index (χ4n) is 1.48. The maximum atomic E-state index is 13.6. The van der Waals surface area contributed by atoms with Gasteiger partial charge in [-0.05, 0) is 43.3 Å². The molecule has 1 unspecified atom stereocenters. The van der Waals surface area contributed by atoms with Crippen molar-refractivity contribution in [2.75, 3.05) is 12.8 Å². The Morgan fingerprint density at radius 1 is 1.31 bits per heavy atom. The number of nitrogens with one attached hydrogen (secondary N) is 1. The molecule has 0 fully saturated rings. The van der Waals surface area contributed by atoms with E-state index in [0.29, 0.717) is 10.8 Å². The Kier molecular flexibility index (Phi) is 5.29. The fourth-order valence-corrected chi connectivity index (χ4v) is 1.94. The second kappa shape index (κ2) is 6.26. The van der Waals surface area contributed by atoms with E-state index in [4.69, 9.17) is 0 Å². The molecule has 3 heteroatoms. The van der Waals surface area contributed by atoms with Gasteiger partial charge in [-0.1, -0.05) is 19.9 Å². The highest BCUT2D eigenvalue weighted by Gasteiger charge is 2.08. The van der Waals surface area contributed by atoms with E-state index < -0.39 is 0 Å². The van der Waals surface area contributed by atoms with Crippen LogP contribution in [-0.2, 0) is 0 Å². The largest absolute Gasteiger partial charge is 0.310 e. The molecule has 0 aliphatic rings. The SMILES string of the molecule is CSc1ccc(C(C)NCC(C)C)cc1F. The predicted octanol–water partition coefficient (Wildman–Crippen LogP) is 3.85. The van der Waals surface area contributed by atoms with E-state index in [1.165, 1.54) is 11.8 Å². The third-order valence-electron chi connectivity index (χ3n) is 2.51. The number of benzene rings is 1. The topological polar surface area (TPSA) is 12.0 Å². The molecule has 0 saturated heterocycles. The van der Waals surface area contributed by atoms with Gasteiger partial charge in [-0.25, -0.2) is 4.39 Å². The van der Waals surface area contributed by atoms with Gasteiger partial charge in [0, 0.05) is 10.9 Å². The summed E-state index contributed by atoms with van der Waals surface area (Å²) in [5.41, 5.74) is 1.01. The first-order chi connectivity index (χ1) is 7.54. The number of hydrogen-bond acceptors (Lipinski definition) is 2. The Bertz CT molecular complexity index is 339. The highest BCUT2D eigenvalue weighted by molar-refractivity contribution is 7.98. The molecule has 1 aromatic rings. The van der Waals surface area contributed by atoms with Crippen LogP contribution in [0.3, 0.4) is 0 Å². The Labute approximate surface area is 102 Å². The van der Waals surface area contributed by atoms with Crippen LogP contribution in [0.15, 0.2) is 23.1 Å². The van der Waals surface area contributed by atoms with Crippen LogP contribution in [0.2, 0.25) is 0 Å². The molecule has 0 saturated carbocycles. The number of halogens is 1. The van der Waals surface area contributed by atoms with Crippen molar-refractivity contribution in [2.24, 2.45) is 5.92 Å². The van der Waals surface area contributed by atoms with Crippen LogP contribution >= 0.6 is 11.8 Å². The molecule has 0 amide bonds. The normalized spacial score (nSPS) is 13.1. The Morgan fingerprint density at radius 3 is 2.50 bits per heavy atom. The van der Waals surface area contributed by atoms with E-state index in [1.807, 2.05) is 18.4 Å². The van der Waals surface area contributed by atoms with Crippen molar-refractivity contribution in [3.63, 3.8) is 0 Å². The van der Waals surface area contributed by atoms with Crippen molar-refractivity contribution < 1.29 is 4.39 Å². The highest BCUT2D eigenvalue weighted by atomic mass is 32.2. The number of rotatable bonds is 5. The zero-order valence-corrected chi connectivity index (χ0v) is 11.2. The van der Waals surface area contributed by atoms with Gasteiger partial charge in [0.2, 0.25) is 0 Å². The van der Waals surface area contributed by atoms with Gasteiger partial charge in [0.25, 0.3) is 0 Å². The molecule has 16 heavy (non-hydrogen) atoms. The summed E-state index contributed by atoms with van der Waals surface area (Å²) in [4.78, 5) is 0.708. The van der Waals surface area contributed by atoms with Gasteiger partial charge in [-0.3, -0.25) is 0 Å². The van der Waals surface area contributed by atoms with Gasteiger partial charge in [0.15, 0.2) is 0 Å². The van der Waals surface area contributed by atoms with E-state index in [9.17, 15) is 4.39 Å². The van der Waals surface area contributed by atoms with Crippen molar-refractivity contribution in [1.82, 2.24) is 5.32 Å². The summed E-state index contributed by atoms with van der Waals surface area (Å²) in [5.74, 6) is 0.487. The standard InChI is InChI=1S/C13H20FNS/c1-9(2)8-15-10(3)11-5-6-13(16-4)12(14)7-11/h5-7,9-10,15H,8H2,1-4H3. The first kappa shape index (κ1) is 13.5. The second-order valence-electron chi connectivity index (χ2n) is 4.42. The Morgan fingerprint density at radius 2 is 2.00 bits per heavy atom. The predicted molar refractivity (Wildman–Crippen MR) is 69.4 cm³/mol. The zero-order chi connectivity index (χ0) is 12.1. The highest BCUT2D eigenvalue weighted by Crippen LogP contribution is 2.22. The van der Waals surface area contributed by atoms with E-state index in [1.54, 1.807) is 6.07 Å². The molecule has 0 aliphatic heterocycles. The molecule has 90 valence electrons. The van der Waals surface area contributed by atoms with Crippen LogP contribution in [-0.4, -0.2) is 12.8 Å². The van der Waals surface area contributed by atoms with Gasteiger partial charge in [0.1, 0.15) is 5.82 Å². The van der Waals surface area contributed by atoms with Gasteiger partial charge in [-0.15, -0.1) is 11.8 Å². The third-order valence-corrected chi connectivity index (χ3v) is 3.28. The molecule has 1 aromatic carbocycles. The van der Waals surface area contributed by atoms with Crippen molar-refractivity contribution in [2.45, 2.75) is 31.7 Å². The minimum atomic E-state index is -0.122. The van der Waals surface area contributed by atoms with Gasteiger partial charge in [0.05, 0.1) is 0 Å². The minimum absolute atomic E-state index is 0.122. The number of hydrogen-bond donors (Lipinski definition) is 1. The third kappa shape index (κ3) is 3.80. The van der Waals surface area contributed by atoms with Crippen LogP contribution in [0.5, 0.6) is 0 Å². The lowest BCUT2D eigenvalue weighted by Gasteiger charge is -2.16. The Hall–Kier alpha value is -0.540. The fraction of sp³-hybridized carbons (Fsp3) is 0.538. The summed E-state index contributed by atoms with van der Waals surface area (Å²) in [7, 11) is 0. The minimum Gasteiger partial charge on any atom is -0.310 e. The lowest BCUT2D eigenvalue weighted by molar-refractivity contribution is 0.493. The molecule has 0 bridgehead atoms. The molecule has 0 aromatic heterocycles. The molecule has 1 nitrogen and oxygen atoms in total. The number of thioether (sulfide) groups is 1. The van der Waals surface area contributed by atoms with Gasteiger partial charge < -0.3 is 5.32 Å². The molecule has 1 N–H and O–H groups in total. The summed E-state index contributed by atoms with van der Waals surface area (Å²) in [6.45, 7) is 7.34. The van der Waals surface area contributed by atoms with Crippen LogP contribution in [0.1, 0.15) is 32.4 Å². The van der Waals surface area contributed by atoms with E-state index in [2.05, 4.69) is 26.1 Å². The van der Waals surface area contributed by atoms with Crippen molar-refractivity contribution in [1.29, 1.82) is 0 Å². The quantitative estimate of drug-likeness (QED) is 0.786. The molecule has 1 atom stereocenters. The lowest BCUT2D eigenvalue weighted by Crippen LogP contribution is -2.23. The molecular formula is C13H20FNS. The summed E-state index contributed by atoms with van der Waals surface area (Å²) in [6.07, 6.45) is 1.89. The first-order valence-corrected chi connectivity index (χ1v) is 6.84. The maximum absolute atomic E-state index is 13.6. The molecule has 0 aliphatic carbocycles. The molecule has 1 rings (SSSR count).